The largest absolute Gasteiger partial charge is 0.296 e. The van der Waals surface area contributed by atoms with E-state index in [0.717, 1.165) is 5.92 Å². The Balaban J connectivity index is 2.54. The quantitative estimate of drug-likeness (QED) is 0.276. The van der Waals surface area contributed by atoms with E-state index in [-0.39, 0.29) is 0 Å². The van der Waals surface area contributed by atoms with Crippen LogP contribution in [-0.2, 0) is 0 Å². The van der Waals surface area contributed by atoms with E-state index in [4.69, 9.17) is 0 Å². The van der Waals surface area contributed by atoms with Gasteiger partial charge in [0.1, 0.15) is 0 Å². The van der Waals surface area contributed by atoms with Gasteiger partial charge in [-0.3, -0.25) is 5.32 Å². The van der Waals surface area contributed by atoms with E-state index in [9.17, 15) is 0 Å². The molecule has 1 rings (SSSR count). The van der Waals surface area contributed by atoms with Crippen LogP contribution in [0.2, 0.25) is 0 Å². The third-order valence-corrected chi connectivity index (χ3v) is 4.28. The van der Waals surface area contributed by atoms with Crippen molar-refractivity contribution in [3.05, 3.63) is 12.2 Å². The van der Waals surface area contributed by atoms with E-state index < -0.39 is 0 Å². The third-order valence-electron chi connectivity index (χ3n) is 2.68. The highest BCUT2D eigenvalue weighted by molar-refractivity contribution is 14.1. The molecule has 0 radical (unpaired) electrons. The van der Waals surface area contributed by atoms with Gasteiger partial charge in [-0.25, -0.2) is 0 Å². The summed E-state index contributed by atoms with van der Waals surface area (Å²) in [5.74, 6) is 0.717. The Morgan fingerprint density at radius 1 is 1.67 bits per heavy atom. The topological polar surface area (TPSA) is 21.9 Å². The molecule has 0 aromatic rings. The first-order chi connectivity index (χ1) is 5.65. The van der Waals surface area contributed by atoms with Crippen molar-refractivity contribution in [1.82, 2.24) is 5.32 Å². The molecular weight excluding hydrogens is 261 g/mol. The fourth-order valence-electron chi connectivity index (χ4n) is 1.67. The molecule has 12 heavy (non-hydrogen) atoms. The molecule has 0 aromatic heterocycles. The van der Waals surface area contributed by atoms with E-state index in [1.165, 1.54) is 12.8 Å². The maximum atomic E-state index is 3.51. The summed E-state index contributed by atoms with van der Waals surface area (Å²) in [4.78, 5) is 0. The fraction of sp³-hybridized carbons (Fsp3) is 0.800. The number of rotatable bonds is 4. The van der Waals surface area contributed by atoms with Gasteiger partial charge in [0.15, 0.2) is 0 Å². The van der Waals surface area contributed by atoms with Crippen molar-refractivity contribution in [2.75, 3.05) is 0 Å². The molecule has 1 unspecified atom stereocenters. The lowest BCUT2D eigenvalue weighted by Gasteiger charge is -2.17. The second-order valence-electron chi connectivity index (χ2n) is 3.71. The standard InChI is InChI=1S/C10H18IN/c1-4-6-8(7-5-2)10(3)9(11)12-10/h4,6,8-9,12H,5,7H2,1-3H3/b6-4+/t8?,9-,10+/m0/s1. The molecule has 1 nitrogen and oxygen atoms in total. The minimum Gasteiger partial charge on any atom is -0.296 e. The monoisotopic (exact) mass is 279 g/mol. The number of allylic oxidation sites excluding steroid dienone is 1. The molecule has 1 heterocycles. The van der Waals surface area contributed by atoms with Crippen LogP contribution in [0.3, 0.4) is 0 Å². The van der Waals surface area contributed by atoms with E-state index in [0.29, 0.717) is 9.59 Å². The molecule has 0 spiro atoms. The number of hydrogen-bond donors (Lipinski definition) is 1. The Kier molecular flexibility index (Phi) is 3.58. The molecular formula is C10H18IN. The summed E-state index contributed by atoms with van der Waals surface area (Å²) in [6, 6.07) is 0. The van der Waals surface area contributed by atoms with E-state index >= 15 is 0 Å². The van der Waals surface area contributed by atoms with Crippen molar-refractivity contribution in [3.63, 3.8) is 0 Å². The summed E-state index contributed by atoms with van der Waals surface area (Å²) in [7, 11) is 0. The number of alkyl halides is 1. The average Bonchev–Trinajstić information content (AvgIpc) is 2.61. The molecule has 0 bridgehead atoms. The number of halogens is 1. The van der Waals surface area contributed by atoms with E-state index in [2.05, 4.69) is 60.8 Å². The van der Waals surface area contributed by atoms with Crippen LogP contribution < -0.4 is 5.32 Å². The molecule has 1 saturated heterocycles. The molecule has 2 heteroatoms. The molecule has 0 amide bonds. The minimum atomic E-state index is 0.378. The van der Waals surface area contributed by atoms with Gasteiger partial charge in [0.2, 0.25) is 0 Å². The molecule has 1 aliphatic heterocycles. The molecule has 0 saturated carbocycles. The van der Waals surface area contributed by atoms with Crippen LogP contribution in [-0.4, -0.2) is 9.59 Å². The SMILES string of the molecule is C/C=C/C(CCC)[C@@]1(C)N[C@@H]1I. The van der Waals surface area contributed by atoms with Crippen LogP contribution in [0.25, 0.3) is 0 Å². The van der Waals surface area contributed by atoms with Crippen molar-refractivity contribution in [2.45, 2.75) is 43.2 Å². The molecule has 3 atom stereocenters. The Hall–Kier alpha value is 0.430. The van der Waals surface area contributed by atoms with Crippen molar-refractivity contribution >= 4 is 22.6 Å². The van der Waals surface area contributed by atoms with Gasteiger partial charge < -0.3 is 0 Å². The Morgan fingerprint density at radius 2 is 2.25 bits per heavy atom. The van der Waals surface area contributed by atoms with Crippen molar-refractivity contribution < 1.29 is 0 Å². The predicted molar refractivity (Wildman–Crippen MR) is 62.6 cm³/mol. The fourth-order valence-corrected chi connectivity index (χ4v) is 2.80. The summed E-state index contributed by atoms with van der Waals surface area (Å²) in [6.07, 6.45) is 7.09. The zero-order valence-electron chi connectivity index (χ0n) is 8.10. The van der Waals surface area contributed by atoms with Gasteiger partial charge in [0.25, 0.3) is 0 Å². The van der Waals surface area contributed by atoms with Gasteiger partial charge in [-0.15, -0.1) is 0 Å². The zero-order chi connectivity index (χ0) is 9.19. The maximum absolute atomic E-state index is 3.51. The normalized spacial score (nSPS) is 37.2. The molecule has 70 valence electrons. The first-order valence-corrected chi connectivity index (χ1v) is 5.94. The number of hydrogen-bond acceptors (Lipinski definition) is 1. The van der Waals surface area contributed by atoms with E-state index in [1.807, 2.05) is 0 Å². The van der Waals surface area contributed by atoms with Crippen LogP contribution in [0.15, 0.2) is 12.2 Å². The van der Waals surface area contributed by atoms with Crippen LogP contribution >= 0.6 is 22.6 Å². The summed E-state index contributed by atoms with van der Waals surface area (Å²) < 4.78 is 0.669. The maximum Gasteiger partial charge on any atom is 0.0786 e. The average molecular weight is 279 g/mol. The van der Waals surface area contributed by atoms with Crippen LogP contribution in [0.4, 0.5) is 0 Å². The highest BCUT2D eigenvalue weighted by Gasteiger charge is 2.51. The lowest BCUT2D eigenvalue weighted by Crippen LogP contribution is -2.22. The summed E-state index contributed by atoms with van der Waals surface area (Å²) in [6.45, 7) is 6.69. The predicted octanol–water partition coefficient (Wildman–Crippen LogP) is 3.10. The highest BCUT2D eigenvalue weighted by Crippen LogP contribution is 2.41. The molecule has 0 aromatic carbocycles. The highest BCUT2D eigenvalue weighted by atomic mass is 127. The molecule has 1 N–H and O–H groups in total. The lowest BCUT2D eigenvalue weighted by atomic mass is 9.89. The van der Waals surface area contributed by atoms with Gasteiger partial charge in [0, 0.05) is 5.54 Å². The van der Waals surface area contributed by atoms with Gasteiger partial charge in [-0.05, 0) is 26.2 Å². The van der Waals surface area contributed by atoms with Gasteiger partial charge in [-0.1, -0.05) is 48.1 Å². The van der Waals surface area contributed by atoms with Gasteiger partial charge >= 0.3 is 0 Å². The third kappa shape index (κ3) is 2.02. The second-order valence-corrected chi connectivity index (χ2v) is 4.96. The molecule has 1 aliphatic rings. The molecule has 0 aliphatic carbocycles. The van der Waals surface area contributed by atoms with Crippen molar-refractivity contribution in [2.24, 2.45) is 5.92 Å². The number of nitrogens with one attached hydrogen (secondary N) is 1. The van der Waals surface area contributed by atoms with E-state index in [1.54, 1.807) is 0 Å². The molecule has 1 fully saturated rings. The van der Waals surface area contributed by atoms with Crippen LogP contribution in [0.1, 0.15) is 33.6 Å². The lowest BCUT2D eigenvalue weighted by molar-refractivity contribution is 0.458. The first kappa shape index (κ1) is 10.5. The Morgan fingerprint density at radius 3 is 2.58 bits per heavy atom. The summed E-state index contributed by atoms with van der Waals surface area (Å²) >= 11 is 2.48. The van der Waals surface area contributed by atoms with Crippen molar-refractivity contribution in [1.29, 1.82) is 0 Å². The van der Waals surface area contributed by atoms with Gasteiger partial charge in [0.05, 0.1) is 4.05 Å². The zero-order valence-corrected chi connectivity index (χ0v) is 10.3. The van der Waals surface area contributed by atoms with Gasteiger partial charge in [-0.2, -0.15) is 0 Å². The smallest absolute Gasteiger partial charge is 0.0786 e. The summed E-state index contributed by atoms with van der Waals surface area (Å²) in [5.41, 5.74) is 0.378. The Labute approximate surface area is 89.1 Å². The van der Waals surface area contributed by atoms with Crippen LogP contribution in [0.5, 0.6) is 0 Å². The van der Waals surface area contributed by atoms with Crippen molar-refractivity contribution in [3.8, 4) is 0 Å². The summed E-state index contributed by atoms with van der Waals surface area (Å²) in [5, 5.41) is 3.51. The minimum absolute atomic E-state index is 0.378. The Bertz CT molecular complexity index is 179. The first-order valence-electron chi connectivity index (χ1n) is 4.69. The van der Waals surface area contributed by atoms with Crippen LogP contribution in [0, 0.1) is 5.92 Å². The second kappa shape index (κ2) is 4.09.